The number of nitrogens with zero attached hydrogens (tertiary/aromatic N) is 3. The summed E-state index contributed by atoms with van der Waals surface area (Å²) in [6.07, 6.45) is 8.14. The molecule has 1 aliphatic carbocycles. The Kier molecular flexibility index (Phi) is 3.39. The monoisotopic (exact) mass is 231 g/mol. The first-order valence-corrected chi connectivity index (χ1v) is 6.77. The molecule has 0 aromatic carbocycles. The Labute approximate surface area is 103 Å². The summed E-state index contributed by atoms with van der Waals surface area (Å²) in [6.45, 7) is 6.00. The van der Waals surface area contributed by atoms with Crippen LogP contribution in [0.5, 0.6) is 0 Å². The first-order valence-electron chi connectivity index (χ1n) is 6.77. The molecule has 1 aromatic rings. The van der Waals surface area contributed by atoms with Crippen LogP contribution in [0.4, 0.5) is 0 Å². The molecule has 3 rings (SSSR count). The van der Waals surface area contributed by atoms with Gasteiger partial charge >= 0.3 is 0 Å². The zero-order valence-corrected chi connectivity index (χ0v) is 10.4. The van der Waals surface area contributed by atoms with E-state index in [-0.39, 0.29) is 0 Å². The van der Waals surface area contributed by atoms with Crippen LogP contribution in [0.1, 0.15) is 24.8 Å². The Morgan fingerprint density at radius 1 is 1.18 bits per heavy atom. The van der Waals surface area contributed by atoms with Crippen LogP contribution in [0.3, 0.4) is 0 Å². The first kappa shape index (κ1) is 11.2. The second-order valence-corrected chi connectivity index (χ2v) is 5.26. The summed E-state index contributed by atoms with van der Waals surface area (Å²) in [5, 5.41) is 0. The van der Waals surface area contributed by atoms with Crippen molar-refractivity contribution in [2.75, 3.05) is 26.2 Å². The highest BCUT2D eigenvalue weighted by molar-refractivity contribution is 5.08. The average Bonchev–Trinajstić information content (AvgIpc) is 2.31. The van der Waals surface area contributed by atoms with Gasteiger partial charge < -0.3 is 0 Å². The molecule has 17 heavy (non-hydrogen) atoms. The van der Waals surface area contributed by atoms with Crippen LogP contribution in [0.2, 0.25) is 0 Å². The second kappa shape index (κ2) is 5.15. The van der Waals surface area contributed by atoms with Gasteiger partial charge in [0.2, 0.25) is 0 Å². The molecule has 0 spiro atoms. The van der Waals surface area contributed by atoms with Gasteiger partial charge in [-0.3, -0.25) is 14.8 Å². The zero-order valence-electron chi connectivity index (χ0n) is 10.4. The van der Waals surface area contributed by atoms with Crippen LogP contribution in [0, 0.1) is 0 Å². The molecule has 1 saturated carbocycles. The second-order valence-electron chi connectivity index (χ2n) is 5.26. The highest BCUT2D eigenvalue weighted by atomic mass is 15.3. The number of pyridine rings is 1. The van der Waals surface area contributed by atoms with Gasteiger partial charge in [0.1, 0.15) is 0 Å². The van der Waals surface area contributed by atoms with Crippen molar-refractivity contribution in [1.82, 2.24) is 14.8 Å². The first-order chi connectivity index (χ1) is 8.42. The summed E-state index contributed by atoms with van der Waals surface area (Å²) in [4.78, 5) is 9.41. The number of hydrogen-bond donors (Lipinski definition) is 0. The molecule has 2 fully saturated rings. The van der Waals surface area contributed by atoms with Crippen molar-refractivity contribution >= 4 is 0 Å². The Balaban J connectivity index is 1.48. The molecule has 92 valence electrons. The van der Waals surface area contributed by atoms with Gasteiger partial charge in [-0.15, -0.1) is 0 Å². The molecule has 0 radical (unpaired) electrons. The van der Waals surface area contributed by atoms with Gasteiger partial charge in [-0.25, -0.2) is 0 Å². The maximum Gasteiger partial charge on any atom is 0.0312 e. The quantitative estimate of drug-likeness (QED) is 0.790. The minimum Gasteiger partial charge on any atom is -0.298 e. The zero-order chi connectivity index (χ0) is 11.5. The van der Waals surface area contributed by atoms with Crippen molar-refractivity contribution in [2.45, 2.75) is 31.8 Å². The maximum absolute atomic E-state index is 4.18. The van der Waals surface area contributed by atoms with Crippen molar-refractivity contribution < 1.29 is 0 Å². The van der Waals surface area contributed by atoms with Gasteiger partial charge in [-0.05, 0) is 24.5 Å². The molecule has 3 nitrogen and oxygen atoms in total. The summed E-state index contributed by atoms with van der Waals surface area (Å²) in [7, 11) is 0. The fourth-order valence-corrected chi connectivity index (χ4v) is 2.79. The van der Waals surface area contributed by atoms with Gasteiger partial charge in [0.25, 0.3) is 0 Å². The molecule has 0 atom stereocenters. The maximum atomic E-state index is 4.18. The topological polar surface area (TPSA) is 19.4 Å². The van der Waals surface area contributed by atoms with Crippen molar-refractivity contribution in [3.63, 3.8) is 0 Å². The molecular weight excluding hydrogens is 210 g/mol. The van der Waals surface area contributed by atoms with Crippen LogP contribution in [0.25, 0.3) is 0 Å². The SMILES string of the molecule is c1cncc(CN2CCN(C3CCC3)CC2)c1. The molecule has 1 aromatic heterocycles. The highest BCUT2D eigenvalue weighted by Crippen LogP contribution is 2.25. The predicted octanol–water partition coefficient (Wildman–Crippen LogP) is 1.75. The summed E-state index contributed by atoms with van der Waals surface area (Å²) in [5.41, 5.74) is 1.34. The largest absolute Gasteiger partial charge is 0.298 e. The third-order valence-corrected chi connectivity index (χ3v) is 4.13. The summed E-state index contributed by atoms with van der Waals surface area (Å²) in [6, 6.07) is 5.11. The van der Waals surface area contributed by atoms with Crippen LogP contribution >= 0.6 is 0 Å². The van der Waals surface area contributed by atoms with Crippen molar-refractivity contribution in [3.05, 3.63) is 30.1 Å². The van der Waals surface area contributed by atoms with Crippen LogP contribution < -0.4 is 0 Å². The fraction of sp³-hybridized carbons (Fsp3) is 0.643. The number of rotatable bonds is 3. The lowest BCUT2D eigenvalue weighted by Crippen LogP contribution is -2.51. The molecular formula is C14H21N3. The van der Waals surface area contributed by atoms with E-state index in [1.807, 2.05) is 18.5 Å². The van der Waals surface area contributed by atoms with E-state index in [9.17, 15) is 0 Å². The van der Waals surface area contributed by atoms with Crippen LogP contribution in [0.15, 0.2) is 24.5 Å². The lowest BCUT2D eigenvalue weighted by molar-refractivity contribution is 0.0587. The smallest absolute Gasteiger partial charge is 0.0312 e. The van der Waals surface area contributed by atoms with E-state index in [1.165, 1.54) is 51.0 Å². The number of hydrogen-bond acceptors (Lipinski definition) is 3. The minimum atomic E-state index is 0.913. The normalized spacial score (nSPS) is 23.5. The van der Waals surface area contributed by atoms with Gasteiger partial charge in [-0.2, -0.15) is 0 Å². The minimum absolute atomic E-state index is 0.913. The van der Waals surface area contributed by atoms with Crippen LogP contribution in [-0.4, -0.2) is 47.0 Å². The third-order valence-electron chi connectivity index (χ3n) is 4.13. The molecule has 2 aliphatic rings. The van der Waals surface area contributed by atoms with E-state index in [0.717, 1.165) is 12.6 Å². The number of aromatic nitrogens is 1. The van der Waals surface area contributed by atoms with Gasteiger partial charge in [0.15, 0.2) is 0 Å². The average molecular weight is 231 g/mol. The van der Waals surface area contributed by atoms with Gasteiger partial charge in [0, 0.05) is 51.2 Å². The van der Waals surface area contributed by atoms with Gasteiger partial charge in [0.05, 0.1) is 0 Å². The molecule has 2 heterocycles. The Morgan fingerprint density at radius 3 is 2.59 bits per heavy atom. The fourth-order valence-electron chi connectivity index (χ4n) is 2.79. The molecule has 0 N–H and O–H groups in total. The molecule has 1 aliphatic heterocycles. The van der Waals surface area contributed by atoms with E-state index in [1.54, 1.807) is 0 Å². The van der Waals surface area contributed by atoms with E-state index in [0.29, 0.717) is 0 Å². The van der Waals surface area contributed by atoms with E-state index >= 15 is 0 Å². The molecule has 0 unspecified atom stereocenters. The van der Waals surface area contributed by atoms with Crippen molar-refractivity contribution in [2.24, 2.45) is 0 Å². The molecule has 3 heteroatoms. The van der Waals surface area contributed by atoms with Crippen LogP contribution in [-0.2, 0) is 6.54 Å². The number of piperazine rings is 1. The molecule has 1 saturated heterocycles. The molecule has 0 amide bonds. The summed E-state index contributed by atoms with van der Waals surface area (Å²) >= 11 is 0. The highest BCUT2D eigenvalue weighted by Gasteiger charge is 2.27. The third kappa shape index (κ3) is 2.67. The van der Waals surface area contributed by atoms with Crippen molar-refractivity contribution in [3.8, 4) is 0 Å². The lowest BCUT2D eigenvalue weighted by Gasteiger charge is -2.43. The Hall–Kier alpha value is -0.930. The standard InChI is InChI=1S/C14H21N3/c1-4-14(5-1)17-9-7-16(8-10-17)12-13-3-2-6-15-11-13/h2-3,6,11,14H,1,4-5,7-10,12H2. The molecule has 0 bridgehead atoms. The van der Waals surface area contributed by atoms with E-state index < -0.39 is 0 Å². The Morgan fingerprint density at radius 2 is 2.00 bits per heavy atom. The van der Waals surface area contributed by atoms with Crippen molar-refractivity contribution in [1.29, 1.82) is 0 Å². The van der Waals surface area contributed by atoms with E-state index in [4.69, 9.17) is 0 Å². The predicted molar refractivity (Wildman–Crippen MR) is 68.7 cm³/mol. The summed E-state index contributed by atoms with van der Waals surface area (Å²) in [5.74, 6) is 0. The summed E-state index contributed by atoms with van der Waals surface area (Å²) < 4.78 is 0. The van der Waals surface area contributed by atoms with E-state index in [2.05, 4.69) is 20.9 Å². The van der Waals surface area contributed by atoms with Gasteiger partial charge in [-0.1, -0.05) is 12.5 Å². The Bertz CT molecular complexity index is 340. The lowest BCUT2D eigenvalue weighted by atomic mass is 9.91.